The van der Waals surface area contributed by atoms with E-state index < -0.39 is 7.54 Å². The van der Waals surface area contributed by atoms with E-state index in [1.807, 2.05) is 0 Å². The van der Waals surface area contributed by atoms with Crippen molar-refractivity contribution in [1.82, 2.24) is 4.90 Å². The van der Waals surface area contributed by atoms with Crippen LogP contribution in [0, 0.1) is 0 Å². The second-order valence-corrected chi connectivity index (χ2v) is 6.86. The van der Waals surface area contributed by atoms with Gasteiger partial charge in [-0.15, -0.1) is 23.7 Å². The molecule has 0 saturated carbocycles. The molecule has 25 heavy (non-hydrogen) atoms. The maximum absolute atomic E-state index is 11.7. The van der Waals surface area contributed by atoms with Crippen molar-refractivity contribution in [2.75, 3.05) is 20.1 Å². The van der Waals surface area contributed by atoms with Crippen LogP contribution >= 0.6 is 23.7 Å². The van der Waals surface area contributed by atoms with Crippen LogP contribution in [0.5, 0.6) is 0 Å². The number of carbonyl (C=O) groups excluding carboxylic acids is 1. The highest BCUT2D eigenvalue weighted by Crippen LogP contribution is 2.37. The molecule has 2 heterocycles. The Labute approximate surface area is 156 Å². The number of rotatable bonds is 2. The van der Waals surface area contributed by atoms with Crippen LogP contribution in [-0.2, 0) is 6.42 Å². The first-order chi connectivity index (χ1) is 11.4. The minimum Gasteiger partial charge on any atom is -0.305 e. The average Bonchev–Trinajstić information content (AvgIpc) is 2.89. The molecule has 1 atom stereocenters. The van der Waals surface area contributed by atoms with Gasteiger partial charge in [-0.25, -0.2) is 0 Å². The molecule has 136 valence electrons. The number of nitrogens with zero attached hydrogens (tertiary/aromatic N) is 1. The van der Waals surface area contributed by atoms with Crippen LogP contribution in [0.3, 0.4) is 0 Å². The Hall–Kier alpha value is -1.31. The monoisotopic (exact) mass is 389 g/mol. The Morgan fingerprint density at radius 1 is 1.24 bits per heavy atom. The normalized spacial score (nSPS) is 16.6. The fourth-order valence-electron chi connectivity index (χ4n) is 2.85. The van der Waals surface area contributed by atoms with Crippen LogP contribution in [0.1, 0.15) is 38.5 Å². The summed E-state index contributed by atoms with van der Waals surface area (Å²) < 4.78 is 29.0. The van der Waals surface area contributed by atoms with Crippen LogP contribution in [-0.4, -0.2) is 38.4 Å². The minimum atomic E-state index is -3.67. The summed E-state index contributed by atoms with van der Waals surface area (Å²) in [7, 11) is -1.49. The zero-order chi connectivity index (χ0) is 17.7. The van der Waals surface area contributed by atoms with Crippen molar-refractivity contribution < 1.29 is 17.7 Å². The van der Waals surface area contributed by atoms with Crippen molar-refractivity contribution in [2.24, 2.45) is 0 Å². The number of Topliss-reactive ketones (excluding diaryl/α,β-unsaturated/α-hetero) is 1. The van der Waals surface area contributed by atoms with E-state index in [4.69, 9.17) is 0 Å². The minimum absolute atomic E-state index is 0. The van der Waals surface area contributed by atoms with E-state index in [0.29, 0.717) is 5.92 Å². The molecule has 0 fully saturated rings. The molecule has 0 N–H and O–H groups in total. The van der Waals surface area contributed by atoms with Gasteiger partial charge in [0, 0.05) is 23.9 Å². The van der Waals surface area contributed by atoms with Crippen LogP contribution < -0.4 is 0 Å². The van der Waals surface area contributed by atoms with Gasteiger partial charge in [0.2, 0.25) is 0 Å². The van der Waals surface area contributed by atoms with E-state index in [1.54, 1.807) is 18.3 Å². The summed E-state index contributed by atoms with van der Waals surface area (Å²) in [5, 5.41) is 0. The van der Waals surface area contributed by atoms with Crippen LogP contribution in [0.2, 0.25) is 0 Å². The van der Waals surface area contributed by atoms with Crippen molar-refractivity contribution >= 4 is 37.1 Å². The van der Waals surface area contributed by atoms with E-state index in [-0.39, 0.29) is 18.2 Å². The van der Waals surface area contributed by atoms with Crippen molar-refractivity contribution in [3.63, 3.8) is 0 Å². The van der Waals surface area contributed by atoms with Gasteiger partial charge in [-0.2, -0.15) is 0 Å². The molecular weight excluding hydrogens is 370 g/mol. The summed E-state index contributed by atoms with van der Waals surface area (Å²) in [5.74, 6) is 0.569. The van der Waals surface area contributed by atoms with Crippen molar-refractivity contribution in [2.45, 2.75) is 19.3 Å². The molecule has 0 saturated heterocycles. The lowest BCUT2D eigenvalue weighted by molar-refractivity contribution is 0.102. The number of hydrogen-bond acceptors (Lipinski definition) is 3. The first kappa shape index (κ1) is 21.7. The zero-order valence-corrected chi connectivity index (χ0v) is 15.7. The smallest absolute Gasteiger partial charge is 0.305 e. The highest BCUT2D eigenvalue weighted by Gasteiger charge is 2.25. The fourth-order valence-corrected chi connectivity index (χ4v) is 4.07. The Morgan fingerprint density at radius 2 is 1.84 bits per heavy atom. The molecule has 1 aliphatic heterocycles. The van der Waals surface area contributed by atoms with Crippen molar-refractivity contribution in [1.29, 1.82) is 0 Å². The third-order valence-electron chi connectivity index (χ3n) is 3.96. The van der Waals surface area contributed by atoms with Crippen LogP contribution in [0.25, 0.3) is 0 Å². The Balaban J connectivity index is 0.000000568. The van der Waals surface area contributed by atoms with Gasteiger partial charge in [0.25, 0.3) is 0 Å². The first-order valence-corrected chi connectivity index (χ1v) is 8.49. The molecule has 0 radical (unpaired) electrons. The molecule has 2 aromatic rings. The molecule has 0 spiro atoms. The first-order valence-electron chi connectivity index (χ1n) is 7.67. The highest BCUT2D eigenvalue weighted by atomic mass is 35.5. The fraction of sp³-hybridized carbons (Fsp3) is 0.353. The molecule has 1 aromatic carbocycles. The second-order valence-electron chi connectivity index (χ2n) is 5.78. The van der Waals surface area contributed by atoms with Gasteiger partial charge in [0.1, 0.15) is 0 Å². The van der Waals surface area contributed by atoms with E-state index in [1.165, 1.54) is 16.0 Å². The Bertz CT molecular complexity index is 681. The van der Waals surface area contributed by atoms with Gasteiger partial charge in [-0.3, -0.25) is 17.7 Å². The largest absolute Gasteiger partial charge is 0.762 e. The van der Waals surface area contributed by atoms with E-state index >= 15 is 0 Å². The van der Waals surface area contributed by atoms with Gasteiger partial charge in [-0.1, -0.05) is 30.3 Å². The molecule has 1 aliphatic rings. The number of halogens is 4. The third kappa shape index (κ3) is 6.17. The zero-order valence-electron chi connectivity index (χ0n) is 14.0. The average molecular weight is 390 g/mol. The topological polar surface area (TPSA) is 20.3 Å². The lowest BCUT2D eigenvalue weighted by Gasteiger charge is -2.20. The van der Waals surface area contributed by atoms with Gasteiger partial charge in [0.05, 0.1) is 4.88 Å². The number of ketones is 1. The molecule has 1 unspecified atom stereocenters. The summed E-state index contributed by atoms with van der Waals surface area (Å²) in [6, 6.07) is 12.7. The predicted octanol–water partition coefficient (Wildman–Crippen LogP) is 4.87. The molecule has 1 aromatic heterocycles. The second kappa shape index (κ2) is 9.99. The molecule has 0 bridgehead atoms. The summed E-state index contributed by atoms with van der Waals surface area (Å²) in [4.78, 5) is 16.3. The van der Waals surface area contributed by atoms with Crippen molar-refractivity contribution in [3.8, 4) is 0 Å². The molecule has 3 rings (SSSR count). The predicted molar refractivity (Wildman–Crippen MR) is 100 cm³/mol. The standard InChI is InChI=1S/C17H19NOS.BF3.ClH/c1-12(19)16-10-14-8-9-18(2)11-15(17(14)20-16)13-6-4-3-5-7-13;2-1(3)4;/h3-7,10,15H,8-9,11H2,1-2H3;;1H. The SMILES string of the molecule is CC(=O)c1cc2c(s1)C(c1ccccc1)CN(C)CC2.Cl.FB(F)F. The van der Waals surface area contributed by atoms with Crippen LogP contribution in [0.4, 0.5) is 12.9 Å². The third-order valence-corrected chi connectivity index (χ3v) is 5.36. The highest BCUT2D eigenvalue weighted by molar-refractivity contribution is 7.14. The number of likely N-dealkylation sites (N-methyl/N-ethyl adjacent to an activating group) is 1. The van der Waals surface area contributed by atoms with E-state index in [2.05, 4.69) is 48.3 Å². The summed E-state index contributed by atoms with van der Waals surface area (Å²) >= 11 is 1.69. The lowest BCUT2D eigenvalue weighted by atomic mass is 9.95. The van der Waals surface area contributed by atoms with Gasteiger partial charge >= 0.3 is 7.54 Å². The number of benzene rings is 1. The summed E-state index contributed by atoms with van der Waals surface area (Å²) in [6.45, 7) is 3.74. The van der Waals surface area contributed by atoms with Gasteiger partial charge < -0.3 is 4.90 Å². The van der Waals surface area contributed by atoms with Gasteiger partial charge in [0.15, 0.2) is 5.78 Å². The number of carbonyl (C=O) groups is 1. The number of fused-ring (bicyclic) bond motifs is 1. The molecule has 8 heteroatoms. The van der Waals surface area contributed by atoms with Gasteiger partial charge in [-0.05, 0) is 37.6 Å². The molecule has 0 aliphatic carbocycles. The maximum atomic E-state index is 11.7. The van der Waals surface area contributed by atoms with Crippen LogP contribution in [0.15, 0.2) is 36.4 Å². The Kier molecular flexibility index (Phi) is 8.69. The number of thiophene rings is 1. The molecule has 0 amide bonds. The maximum Gasteiger partial charge on any atom is 0.762 e. The molecular formula is C17H20BClF3NOS. The molecule has 2 nitrogen and oxygen atoms in total. The summed E-state index contributed by atoms with van der Waals surface area (Å²) in [6.07, 6.45) is 1.04. The quantitative estimate of drug-likeness (QED) is 0.539. The summed E-state index contributed by atoms with van der Waals surface area (Å²) in [5.41, 5.74) is 2.71. The van der Waals surface area contributed by atoms with E-state index in [9.17, 15) is 17.7 Å². The lowest BCUT2D eigenvalue weighted by Crippen LogP contribution is -2.24. The number of hydrogen-bond donors (Lipinski definition) is 0. The van der Waals surface area contributed by atoms with E-state index in [0.717, 1.165) is 24.4 Å². The Morgan fingerprint density at radius 3 is 2.40 bits per heavy atom. The van der Waals surface area contributed by atoms with Crippen molar-refractivity contribution in [3.05, 3.63) is 57.3 Å².